The maximum absolute atomic E-state index is 5.96. The van der Waals surface area contributed by atoms with E-state index in [1.807, 2.05) is 19.2 Å². The molecule has 2 heteroatoms. The van der Waals surface area contributed by atoms with E-state index in [1.165, 1.54) is 10.9 Å². The van der Waals surface area contributed by atoms with Gasteiger partial charge >= 0.3 is 0 Å². The summed E-state index contributed by atoms with van der Waals surface area (Å²) in [5, 5.41) is 1.43. The molecule has 0 N–H and O–H groups in total. The second kappa shape index (κ2) is 4.63. The minimum atomic E-state index is 0.226. The van der Waals surface area contributed by atoms with Gasteiger partial charge in [0.2, 0.25) is 0 Å². The van der Waals surface area contributed by atoms with E-state index in [0.29, 0.717) is 0 Å². The molecule has 0 radical (unpaired) electrons. The van der Waals surface area contributed by atoms with Crippen molar-refractivity contribution < 1.29 is 0 Å². The number of aryl methyl sites for hydroxylation is 1. The van der Waals surface area contributed by atoms with Gasteiger partial charge in [-0.2, -0.15) is 0 Å². The van der Waals surface area contributed by atoms with Crippen LogP contribution in [0, 0.1) is 0 Å². The van der Waals surface area contributed by atoms with Crippen LogP contribution in [-0.2, 0) is 6.42 Å². The van der Waals surface area contributed by atoms with Crippen LogP contribution in [0.25, 0.3) is 10.9 Å². The van der Waals surface area contributed by atoms with Gasteiger partial charge in [0.05, 0.1) is 5.52 Å². The van der Waals surface area contributed by atoms with Gasteiger partial charge in [0, 0.05) is 17.0 Å². The normalized spacial score (nSPS) is 12.9. The van der Waals surface area contributed by atoms with Crippen LogP contribution in [0.2, 0.25) is 0 Å². The molecule has 0 aliphatic carbocycles. The van der Waals surface area contributed by atoms with Gasteiger partial charge in [-0.05, 0) is 31.4 Å². The molecule has 78 valence electrons. The van der Waals surface area contributed by atoms with Gasteiger partial charge < -0.3 is 0 Å². The summed E-state index contributed by atoms with van der Waals surface area (Å²) in [6, 6.07) is 10.4. The van der Waals surface area contributed by atoms with Crippen molar-refractivity contribution >= 4 is 22.5 Å². The molecule has 1 nitrogen and oxygen atoms in total. The lowest BCUT2D eigenvalue weighted by Gasteiger charge is -2.06. The van der Waals surface area contributed by atoms with E-state index in [0.717, 1.165) is 18.4 Å². The Morgan fingerprint density at radius 1 is 1.27 bits per heavy atom. The topological polar surface area (TPSA) is 12.9 Å². The first-order valence-corrected chi connectivity index (χ1v) is 5.67. The van der Waals surface area contributed by atoms with Gasteiger partial charge in [0.1, 0.15) is 0 Å². The molecule has 0 spiro atoms. The first-order chi connectivity index (χ1) is 7.27. The molecule has 0 amide bonds. The number of para-hydroxylation sites is 1. The fraction of sp³-hybridized carbons (Fsp3) is 0.308. The molecular weight excluding hydrogens is 206 g/mol. The Morgan fingerprint density at radius 3 is 2.87 bits per heavy atom. The zero-order valence-electron chi connectivity index (χ0n) is 8.78. The third kappa shape index (κ3) is 2.48. The third-order valence-electron chi connectivity index (χ3n) is 2.53. The van der Waals surface area contributed by atoms with Gasteiger partial charge in [-0.25, -0.2) is 0 Å². The van der Waals surface area contributed by atoms with E-state index in [1.54, 1.807) is 0 Å². The molecule has 1 aromatic heterocycles. The summed E-state index contributed by atoms with van der Waals surface area (Å²) >= 11 is 5.96. The zero-order valence-corrected chi connectivity index (χ0v) is 9.54. The quantitative estimate of drug-likeness (QED) is 0.716. The average Bonchev–Trinajstić information content (AvgIpc) is 2.26. The van der Waals surface area contributed by atoms with Crippen molar-refractivity contribution in [3.05, 3.63) is 42.1 Å². The Hall–Kier alpha value is -1.08. The minimum Gasteiger partial charge on any atom is -0.256 e. The summed E-state index contributed by atoms with van der Waals surface area (Å²) in [5.41, 5.74) is 2.40. The highest BCUT2D eigenvalue weighted by Crippen LogP contribution is 2.18. The number of alkyl halides is 1. The van der Waals surface area contributed by atoms with Crippen LogP contribution >= 0.6 is 11.6 Å². The number of halogens is 1. The summed E-state index contributed by atoms with van der Waals surface area (Å²) in [6.07, 6.45) is 3.84. The number of fused-ring (bicyclic) bond motifs is 1. The number of hydrogen-bond donors (Lipinski definition) is 0. The molecule has 15 heavy (non-hydrogen) atoms. The Kier molecular flexibility index (Phi) is 3.22. The van der Waals surface area contributed by atoms with Crippen molar-refractivity contribution in [2.45, 2.75) is 25.1 Å². The van der Waals surface area contributed by atoms with Gasteiger partial charge in [-0.3, -0.25) is 4.98 Å². The molecular formula is C13H14ClN. The van der Waals surface area contributed by atoms with Gasteiger partial charge in [-0.15, -0.1) is 11.6 Å². The van der Waals surface area contributed by atoms with Crippen molar-refractivity contribution in [1.29, 1.82) is 0 Å². The molecule has 1 unspecified atom stereocenters. The molecule has 2 rings (SSSR count). The predicted octanol–water partition coefficient (Wildman–Crippen LogP) is 3.79. The molecule has 1 atom stereocenters. The van der Waals surface area contributed by atoms with E-state index in [9.17, 15) is 0 Å². The summed E-state index contributed by atoms with van der Waals surface area (Å²) < 4.78 is 0. The van der Waals surface area contributed by atoms with Crippen LogP contribution in [0.3, 0.4) is 0 Å². The smallest absolute Gasteiger partial charge is 0.0733 e. The molecule has 0 fully saturated rings. The van der Waals surface area contributed by atoms with E-state index in [4.69, 9.17) is 11.6 Å². The van der Waals surface area contributed by atoms with Gasteiger partial charge in [-0.1, -0.05) is 24.3 Å². The SMILES string of the molecule is CC(Cl)CCc1cccc2cccnc12. The van der Waals surface area contributed by atoms with E-state index in [2.05, 4.69) is 29.2 Å². The predicted molar refractivity (Wildman–Crippen MR) is 65.4 cm³/mol. The monoisotopic (exact) mass is 219 g/mol. The summed E-state index contributed by atoms with van der Waals surface area (Å²) in [7, 11) is 0. The van der Waals surface area contributed by atoms with Crippen LogP contribution in [0.1, 0.15) is 18.9 Å². The fourth-order valence-corrected chi connectivity index (χ4v) is 1.83. The van der Waals surface area contributed by atoms with E-state index in [-0.39, 0.29) is 5.38 Å². The second-order valence-electron chi connectivity index (χ2n) is 3.81. The third-order valence-corrected chi connectivity index (χ3v) is 2.75. The Morgan fingerprint density at radius 2 is 2.07 bits per heavy atom. The lowest BCUT2D eigenvalue weighted by Crippen LogP contribution is -1.96. The fourth-order valence-electron chi connectivity index (χ4n) is 1.72. The summed E-state index contributed by atoms with van der Waals surface area (Å²) in [4.78, 5) is 4.42. The Labute approximate surface area is 95.1 Å². The van der Waals surface area contributed by atoms with Crippen molar-refractivity contribution in [3.63, 3.8) is 0 Å². The number of nitrogens with zero attached hydrogens (tertiary/aromatic N) is 1. The zero-order chi connectivity index (χ0) is 10.7. The number of hydrogen-bond acceptors (Lipinski definition) is 1. The maximum Gasteiger partial charge on any atom is 0.0733 e. The van der Waals surface area contributed by atoms with Crippen molar-refractivity contribution in [2.75, 3.05) is 0 Å². The first kappa shape index (κ1) is 10.4. The van der Waals surface area contributed by atoms with Gasteiger partial charge in [0.25, 0.3) is 0 Å². The lowest BCUT2D eigenvalue weighted by molar-refractivity contribution is 0.806. The molecule has 0 aliphatic rings. The second-order valence-corrected chi connectivity index (χ2v) is 4.56. The van der Waals surface area contributed by atoms with Crippen LogP contribution < -0.4 is 0 Å². The number of benzene rings is 1. The molecule has 1 heterocycles. The Bertz CT molecular complexity index is 446. The van der Waals surface area contributed by atoms with E-state index >= 15 is 0 Å². The van der Waals surface area contributed by atoms with Crippen LogP contribution in [0.4, 0.5) is 0 Å². The van der Waals surface area contributed by atoms with E-state index < -0.39 is 0 Å². The standard InChI is InChI=1S/C13H14ClN/c1-10(14)7-8-12-5-2-4-11-6-3-9-15-13(11)12/h2-6,9-10H,7-8H2,1H3. The summed E-state index contributed by atoms with van der Waals surface area (Å²) in [6.45, 7) is 2.03. The Balaban J connectivity index is 2.34. The molecule has 0 saturated heterocycles. The molecule has 0 bridgehead atoms. The molecule has 2 aromatic rings. The van der Waals surface area contributed by atoms with Crippen molar-refractivity contribution in [2.24, 2.45) is 0 Å². The number of aromatic nitrogens is 1. The van der Waals surface area contributed by atoms with Crippen LogP contribution in [0.5, 0.6) is 0 Å². The minimum absolute atomic E-state index is 0.226. The van der Waals surface area contributed by atoms with Crippen LogP contribution in [0.15, 0.2) is 36.5 Å². The maximum atomic E-state index is 5.96. The summed E-state index contributed by atoms with van der Waals surface area (Å²) in [5.74, 6) is 0. The number of rotatable bonds is 3. The van der Waals surface area contributed by atoms with Crippen molar-refractivity contribution in [1.82, 2.24) is 4.98 Å². The highest BCUT2D eigenvalue weighted by Gasteiger charge is 2.03. The molecule has 0 aliphatic heterocycles. The average molecular weight is 220 g/mol. The van der Waals surface area contributed by atoms with Crippen LogP contribution in [-0.4, -0.2) is 10.4 Å². The number of pyridine rings is 1. The largest absolute Gasteiger partial charge is 0.256 e. The highest BCUT2D eigenvalue weighted by atomic mass is 35.5. The van der Waals surface area contributed by atoms with Crippen molar-refractivity contribution in [3.8, 4) is 0 Å². The molecule has 0 saturated carbocycles. The molecule has 1 aromatic carbocycles. The highest BCUT2D eigenvalue weighted by molar-refractivity contribution is 6.20. The lowest BCUT2D eigenvalue weighted by atomic mass is 10.0. The van der Waals surface area contributed by atoms with Gasteiger partial charge in [0.15, 0.2) is 0 Å². The first-order valence-electron chi connectivity index (χ1n) is 5.24.